The number of thiazole rings is 1. The molecule has 0 aliphatic heterocycles. The van der Waals surface area contributed by atoms with Crippen LogP contribution in [0.3, 0.4) is 0 Å². The van der Waals surface area contributed by atoms with Crippen LogP contribution >= 0.6 is 11.3 Å². The molecule has 25 heavy (non-hydrogen) atoms. The van der Waals surface area contributed by atoms with Gasteiger partial charge in [0.15, 0.2) is 10.1 Å². The summed E-state index contributed by atoms with van der Waals surface area (Å²) in [5.74, 6) is -0.874. The van der Waals surface area contributed by atoms with Gasteiger partial charge in [-0.25, -0.2) is 4.98 Å². The van der Waals surface area contributed by atoms with Gasteiger partial charge in [-0.3, -0.25) is 14.9 Å². The quantitative estimate of drug-likeness (QED) is 0.319. The molecule has 0 saturated carbocycles. The van der Waals surface area contributed by atoms with Gasteiger partial charge in [0, 0.05) is 13.5 Å². The number of nitrogens with one attached hydrogen (secondary N) is 2. The maximum absolute atomic E-state index is 12.7. The smallest absolute Gasteiger partial charge is 0.308 e. The molecule has 2 aromatic rings. The maximum Gasteiger partial charge on any atom is 0.308 e. The van der Waals surface area contributed by atoms with Crippen molar-refractivity contribution in [2.45, 2.75) is 26.7 Å². The minimum absolute atomic E-state index is 0.150. The molecule has 1 aromatic carbocycles. The SMILES string of the molecule is CCCCNc1cccc(OC(C)=O)c1C(=O)Nc1ncc(N=O)s1. The molecule has 0 aliphatic rings. The van der Waals surface area contributed by atoms with Crippen molar-refractivity contribution in [2.24, 2.45) is 5.18 Å². The lowest BCUT2D eigenvalue weighted by molar-refractivity contribution is -0.131. The van der Waals surface area contributed by atoms with E-state index in [0.29, 0.717) is 12.2 Å². The molecule has 9 heteroatoms. The highest BCUT2D eigenvalue weighted by molar-refractivity contribution is 7.19. The highest BCUT2D eigenvalue weighted by Crippen LogP contribution is 2.30. The lowest BCUT2D eigenvalue weighted by Crippen LogP contribution is -2.17. The number of rotatable bonds is 8. The topological polar surface area (TPSA) is 110 Å². The van der Waals surface area contributed by atoms with Gasteiger partial charge in [0.1, 0.15) is 11.3 Å². The van der Waals surface area contributed by atoms with Crippen LogP contribution in [0.2, 0.25) is 0 Å². The molecule has 1 amide bonds. The second-order valence-corrected chi connectivity index (χ2v) is 6.11. The van der Waals surface area contributed by atoms with Gasteiger partial charge in [-0.15, -0.1) is 4.91 Å². The van der Waals surface area contributed by atoms with Crippen LogP contribution in [-0.2, 0) is 4.79 Å². The Morgan fingerprint density at radius 3 is 2.80 bits per heavy atom. The molecular weight excluding hydrogens is 344 g/mol. The molecule has 2 rings (SSSR count). The monoisotopic (exact) mass is 362 g/mol. The molecule has 0 aliphatic carbocycles. The van der Waals surface area contributed by atoms with E-state index in [9.17, 15) is 14.5 Å². The van der Waals surface area contributed by atoms with Gasteiger partial charge in [-0.2, -0.15) is 0 Å². The number of anilines is 2. The predicted molar refractivity (Wildman–Crippen MR) is 96.7 cm³/mol. The van der Waals surface area contributed by atoms with Crippen molar-refractivity contribution < 1.29 is 14.3 Å². The van der Waals surface area contributed by atoms with Crippen molar-refractivity contribution in [3.05, 3.63) is 34.9 Å². The van der Waals surface area contributed by atoms with Crippen molar-refractivity contribution in [1.82, 2.24) is 4.98 Å². The summed E-state index contributed by atoms with van der Waals surface area (Å²) in [6.07, 6.45) is 3.20. The molecule has 1 aromatic heterocycles. The van der Waals surface area contributed by atoms with Gasteiger partial charge in [-0.05, 0) is 23.7 Å². The summed E-state index contributed by atoms with van der Waals surface area (Å²) in [6.45, 7) is 4.00. The first-order chi connectivity index (χ1) is 12.0. The minimum Gasteiger partial charge on any atom is -0.426 e. The fourth-order valence-electron chi connectivity index (χ4n) is 2.08. The first-order valence-corrected chi connectivity index (χ1v) is 8.52. The van der Waals surface area contributed by atoms with E-state index >= 15 is 0 Å². The number of amides is 1. The Bertz CT molecular complexity index is 775. The van der Waals surface area contributed by atoms with E-state index in [4.69, 9.17) is 4.74 Å². The first-order valence-electron chi connectivity index (χ1n) is 7.71. The van der Waals surface area contributed by atoms with Crippen LogP contribution in [0.4, 0.5) is 15.8 Å². The lowest BCUT2D eigenvalue weighted by atomic mass is 10.1. The molecule has 0 atom stereocenters. The summed E-state index contributed by atoms with van der Waals surface area (Å²) in [5, 5.41) is 8.93. The van der Waals surface area contributed by atoms with E-state index in [1.165, 1.54) is 13.1 Å². The number of ether oxygens (including phenoxy) is 1. The number of benzene rings is 1. The Balaban J connectivity index is 2.30. The molecule has 2 N–H and O–H groups in total. The third kappa shape index (κ3) is 5.08. The number of aromatic nitrogens is 1. The highest BCUT2D eigenvalue weighted by Gasteiger charge is 2.20. The Morgan fingerprint density at radius 1 is 1.36 bits per heavy atom. The number of esters is 1. The van der Waals surface area contributed by atoms with Crippen LogP contribution in [0.1, 0.15) is 37.0 Å². The van der Waals surface area contributed by atoms with Crippen LogP contribution in [0.5, 0.6) is 5.75 Å². The number of nitrogens with zero attached hydrogens (tertiary/aromatic N) is 2. The zero-order valence-electron chi connectivity index (χ0n) is 13.9. The average molecular weight is 362 g/mol. The van der Waals surface area contributed by atoms with E-state index in [-0.39, 0.29) is 21.4 Å². The average Bonchev–Trinajstić information content (AvgIpc) is 3.02. The zero-order valence-corrected chi connectivity index (χ0v) is 14.7. The number of nitroso groups, excluding NO2 is 1. The van der Waals surface area contributed by atoms with E-state index in [2.05, 4.69) is 27.7 Å². The molecule has 0 radical (unpaired) electrons. The predicted octanol–water partition coefficient (Wildman–Crippen LogP) is 3.93. The molecule has 132 valence electrons. The summed E-state index contributed by atoms with van der Waals surface area (Å²) in [6, 6.07) is 4.97. The van der Waals surface area contributed by atoms with Gasteiger partial charge < -0.3 is 10.1 Å². The molecular formula is C16H18N4O4S. The van der Waals surface area contributed by atoms with Gasteiger partial charge in [0.25, 0.3) is 5.91 Å². The van der Waals surface area contributed by atoms with Crippen LogP contribution < -0.4 is 15.4 Å². The molecule has 0 saturated heterocycles. The first kappa shape index (κ1) is 18.5. The number of carbonyl (C=O) groups is 2. The molecule has 8 nitrogen and oxygen atoms in total. The molecule has 0 unspecified atom stereocenters. The third-order valence-electron chi connectivity index (χ3n) is 3.16. The van der Waals surface area contributed by atoms with Crippen LogP contribution in [-0.4, -0.2) is 23.4 Å². The van der Waals surface area contributed by atoms with Crippen molar-refractivity contribution in [3.8, 4) is 5.75 Å². The standard InChI is InChI=1S/C16H18N4O4S/c1-3-4-8-17-11-6-5-7-12(24-10(2)21)14(11)15(22)19-16-18-9-13(20-23)25-16/h5-7,9,17H,3-4,8H2,1-2H3,(H,18,19,22). The van der Waals surface area contributed by atoms with Crippen LogP contribution in [0.25, 0.3) is 0 Å². The van der Waals surface area contributed by atoms with Gasteiger partial charge in [0.2, 0.25) is 0 Å². The van der Waals surface area contributed by atoms with E-state index < -0.39 is 11.9 Å². The van der Waals surface area contributed by atoms with Gasteiger partial charge in [0.05, 0.1) is 11.9 Å². The number of hydrogen-bond donors (Lipinski definition) is 2. The third-order valence-corrected chi connectivity index (χ3v) is 3.95. The molecule has 1 heterocycles. The van der Waals surface area contributed by atoms with Crippen LogP contribution in [0.15, 0.2) is 29.6 Å². The Morgan fingerprint density at radius 2 is 2.16 bits per heavy atom. The summed E-state index contributed by atoms with van der Waals surface area (Å²) in [7, 11) is 0. The molecule has 0 fully saturated rings. The Labute approximate surface area is 148 Å². The highest BCUT2D eigenvalue weighted by atomic mass is 32.1. The fraction of sp³-hybridized carbons (Fsp3) is 0.312. The second-order valence-electron chi connectivity index (χ2n) is 5.10. The maximum atomic E-state index is 12.7. The summed E-state index contributed by atoms with van der Waals surface area (Å²) in [5.41, 5.74) is 0.750. The number of carbonyl (C=O) groups excluding carboxylic acids is 2. The zero-order chi connectivity index (χ0) is 18.2. The number of unbranched alkanes of at least 4 members (excludes halogenated alkanes) is 1. The lowest BCUT2D eigenvalue weighted by Gasteiger charge is -2.14. The molecule has 0 bridgehead atoms. The summed E-state index contributed by atoms with van der Waals surface area (Å²) < 4.78 is 5.15. The number of hydrogen-bond acceptors (Lipinski definition) is 8. The largest absolute Gasteiger partial charge is 0.426 e. The van der Waals surface area contributed by atoms with Crippen molar-refractivity contribution >= 4 is 39.0 Å². The van der Waals surface area contributed by atoms with Crippen molar-refractivity contribution in [3.63, 3.8) is 0 Å². The normalized spacial score (nSPS) is 10.2. The van der Waals surface area contributed by atoms with Crippen LogP contribution in [0, 0.1) is 4.91 Å². The van der Waals surface area contributed by atoms with Crippen molar-refractivity contribution in [2.75, 3.05) is 17.2 Å². The van der Waals surface area contributed by atoms with Gasteiger partial charge in [-0.1, -0.05) is 30.7 Å². The van der Waals surface area contributed by atoms with E-state index in [0.717, 1.165) is 24.2 Å². The van der Waals surface area contributed by atoms with Gasteiger partial charge >= 0.3 is 5.97 Å². The molecule has 0 spiro atoms. The Hall–Kier alpha value is -2.81. The summed E-state index contributed by atoms with van der Waals surface area (Å²) >= 11 is 0.953. The second kappa shape index (κ2) is 8.88. The summed E-state index contributed by atoms with van der Waals surface area (Å²) in [4.78, 5) is 38.4. The fourth-order valence-corrected chi connectivity index (χ4v) is 2.67. The van der Waals surface area contributed by atoms with E-state index in [1.54, 1.807) is 18.2 Å². The Kier molecular flexibility index (Phi) is 6.58. The van der Waals surface area contributed by atoms with E-state index in [1.807, 2.05) is 0 Å². The minimum atomic E-state index is -0.526. The van der Waals surface area contributed by atoms with Crippen molar-refractivity contribution in [1.29, 1.82) is 0 Å².